The van der Waals surface area contributed by atoms with Crippen LogP contribution in [-0.4, -0.2) is 35.8 Å². The van der Waals surface area contributed by atoms with Crippen LogP contribution < -0.4 is 14.8 Å². The highest BCUT2D eigenvalue weighted by atomic mass is 16.5. The number of carbonyl (C=O) groups excluding carboxylic acids is 1. The zero-order valence-electron chi connectivity index (χ0n) is 14.9. The predicted molar refractivity (Wildman–Crippen MR) is 94.7 cm³/mol. The Balaban J connectivity index is 2.17. The van der Waals surface area contributed by atoms with Crippen molar-refractivity contribution < 1.29 is 14.3 Å². The second-order valence-corrected chi connectivity index (χ2v) is 5.86. The molecule has 1 N–H and O–H groups in total. The fraction of sp³-hybridized carbons (Fsp3) is 0.389. The summed E-state index contributed by atoms with van der Waals surface area (Å²) in [5.41, 5.74) is 1.70. The van der Waals surface area contributed by atoms with Crippen LogP contribution in [0.15, 0.2) is 36.5 Å². The molecule has 0 aliphatic carbocycles. The molecule has 0 spiro atoms. The number of amides is 2. The Morgan fingerprint density at radius 2 is 1.83 bits per heavy atom. The summed E-state index contributed by atoms with van der Waals surface area (Å²) in [6, 6.07) is 9.17. The molecule has 0 aliphatic heterocycles. The molecule has 0 atom stereocenters. The quantitative estimate of drug-likeness (QED) is 0.881. The first-order valence-electron chi connectivity index (χ1n) is 7.85. The van der Waals surface area contributed by atoms with E-state index in [1.165, 1.54) is 0 Å². The minimum atomic E-state index is -0.165. The van der Waals surface area contributed by atoms with E-state index in [-0.39, 0.29) is 12.1 Å². The lowest BCUT2D eigenvalue weighted by molar-refractivity contribution is 0.192. The summed E-state index contributed by atoms with van der Waals surface area (Å²) in [7, 11) is 5.13. The lowest BCUT2D eigenvalue weighted by Crippen LogP contribution is -2.39. The molecule has 2 aromatic rings. The molecule has 2 rings (SSSR count). The Morgan fingerprint density at radius 1 is 1.21 bits per heavy atom. The summed E-state index contributed by atoms with van der Waals surface area (Å²) < 4.78 is 12.5. The van der Waals surface area contributed by atoms with E-state index in [0.29, 0.717) is 23.7 Å². The lowest BCUT2D eigenvalue weighted by Gasteiger charge is -2.27. The zero-order valence-corrected chi connectivity index (χ0v) is 14.9. The molecule has 0 unspecified atom stereocenters. The highest BCUT2D eigenvalue weighted by molar-refractivity contribution is 5.90. The number of hydrogen-bond donors (Lipinski definition) is 1. The molecule has 1 aromatic heterocycles. The lowest BCUT2D eigenvalue weighted by atomic mass is 10.2. The molecule has 1 aromatic carbocycles. The number of carbonyl (C=O) groups is 1. The van der Waals surface area contributed by atoms with Crippen molar-refractivity contribution in [1.82, 2.24) is 9.47 Å². The maximum Gasteiger partial charge on any atom is 0.322 e. The molecule has 0 bridgehead atoms. The molecule has 0 radical (unpaired) electrons. The molecule has 0 saturated carbocycles. The van der Waals surface area contributed by atoms with E-state index >= 15 is 0 Å². The number of rotatable bonds is 6. The van der Waals surface area contributed by atoms with Crippen molar-refractivity contribution in [2.24, 2.45) is 7.05 Å². The van der Waals surface area contributed by atoms with Gasteiger partial charge in [-0.25, -0.2) is 4.79 Å². The van der Waals surface area contributed by atoms with Crippen LogP contribution >= 0.6 is 0 Å². The summed E-state index contributed by atoms with van der Waals surface area (Å²) in [6.45, 7) is 4.53. The molecule has 6 nitrogen and oxygen atoms in total. The molecule has 130 valence electrons. The molecule has 0 aliphatic rings. The van der Waals surface area contributed by atoms with Crippen molar-refractivity contribution in [3.8, 4) is 11.5 Å². The molecule has 24 heavy (non-hydrogen) atoms. The average molecular weight is 331 g/mol. The fourth-order valence-corrected chi connectivity index (χ4v) is 2.40. The monoisotopic (exact) mass is 331 g/mol. The van der Waals surface area contributed by atoms with Crippen molar-refractivity contribution >= 4 is 11.7 Å². The number of methoxy groups -OCH3 is 2. The summed E-state index contributed by atoms with van der Waals surface area (Å²) >= 11 is 0. The van der Waals surface area contributed by atoms with E-state index in [1.54, 1.807) is 37.3 Å². The maximum atomic E-state index is 12.7. The predicted octanol–water partition coefficient (Wildman–Crippen LogP) is 3.48. The van der Waals surface area contributed by atoms with Gasteiger partial charge in [-0.15, -0.1) is 0 Å². The van der Waals surface area contributed by atoms with Gasteiger partial charge in [0.25, 0.3) is 0 Å². The number of hydrogen-bond acceptors (Lipinski definition) is 3. The van der Waals surface area contributed by atoms with Crippen molar-refractivity contribution in [3.63, 3.8) is 0 Å². The normalized spacial score (nSPS) is 10.6. The highest BCUT2D eigenvalue weighted by Crippen LogP contribution is 2.26. The van der Waals surface area contributed by atoms with Crippen LogP contribution in [0.2, 0.25) is 0 Å². The standard InChI is InChI=1S/C18H25N3O3/c1-13(2)21(12-15-7-6-8-20(15)3)18(22)19-14-9-16(23-4)11-17(10-14)24-5/h6-11,13H,12H2,1-5H3,(H,19,22). The Hall–Kier alpha value is -2.63. The van der Waals surface area contributed by atoms with Gasteiger partial charge in [0.15, 0.2) is 0 Å². The van der Waals surface area contributed by atoms with Gasteiger partial charge in [0.2, 0.25) is 0 Å². The van der Waals surface area contributed by atoms with Crippen LogP contribution in [-0.2, 0) is 13.6 Å². The van der Waals surface area contributed by atoms with E-state index in [2.05, 4.69) is 5.32 Å². The fourth-order valence-electron chi connectivity index (χ4n) is 2.40. The van der Waals surface area contributed by atoms with Gasteiger partial charge in [-0.3, -0.25) is 0 Å². The van der Waals surface area contributed by atoms with Crippen LogP contribution in [0.3, 0.4) is 0 Å². The van der Waals surface area contributed by atoms with Crippen LogP contribution in [0.4, 0.5) is 10.5 Å². The topological polar surface area (TPSA) is 55.7 Å². The van der Waals surface area contributed by atoms with Gasteiger partial charge >= 0.3 is 6.03 Å². The number of aryl methyl sites for hydroxylation is 1. The van der Waals surface area contributed by atoms with Crippen LogP contribution in [0, 0.1) is 0 Å². The highest BCUT2D eigenvalue weighted by Gasteiger charge is 2.19. The van der Waals surface area contributed by atoms with E-state index in [1.807, 2.05) is 43.8 Å². The number of anilines is 1. The van der Waals surface area contributed by atoms with E-state index < -0.39 is 0 Å². The maximum absolute atomic E-state index is 12.7. The molecular formula is C18H25N3O3. The van der Waals surface area contributed by atoms with Gasteiger partial charge in [0.1, 0.15) is 11.5 Å². The van der Waals surface area contributed by atoms with Gasteiger partial charge < -0.3 is 24.3 Å². The first kappa shape index (κ1) is 17.7. The number of benzene rings is 1. The van der Waals surface area contributed by atoms with Crippen LogP contribution in [0.5, 0.6) is 11.5 Å². The van der Waals surface area contributed by atoms with Crippen molar-refractivity contribution in [1.29, 1.82) is 0 Å². The summed E-state index contributed by atoms with van der Waals surface area (Å²) in [5, 5.41) is 2.92. The summed E-state index contributed by atoms with van der Waals surface area (Å²) in [5.74, 6) is 1.26. The van der Waals surface area contributed by atoms with Gasteiger partial charge in [-0.1, -0.05) is 0 Å². The van der Waals surface area contributed by atoms with Gasteiger partial charge in [0, 0.05) is 48.9 Å². The van der Waals surface area contributed by atoms with Crippen molar-refractivity contribution in [3.05, 3.63) is 42.2 Å². The number of urea groups is 1. The summed E-state index contributed by atoms with van der Waals surface area (Å²) in [6.07, 6.45) is 1.97. The number of aromatic nitrogens is 1. The third kappa shape index (κ3) is 4.22. The number of ether oxygens (including phenoxy) is 2. The third-order valence-corrected chi connectivity index (χ3v) is 3.87. The third-order valence-electron chi connectivity index (χ3n) is 3.87. The minimum absolute atomic E-state index is 0.0624. The average Bonchev–Trinajstić information content (AvgIpc) is 2.96. The number of nitrogens with zero attached hydrogens (tertiary/aromatic N) is 2. The Kier molecular flexibility index (Phi) is 5.73. The minimum Gasteiger partial charge on any atom is -0.497 e. The van der Waals surface area contributed by atoms with Crippen molar-refractivity contribution in [2.45, 2.75) is 26.4 Å². The largest absolute Gasteiger partial charge is 0.497 e. The number of nitrogens with one attached hydrogen (secondary N) is 1. The first-order valence-corrected chi connectivity index (χ1v) is 7.85. The first-order chi connectivity index (χ1) is 11.4. The van der Waals surface area contributed by atoms with Crippen LogP contribution in [0.1, 0.15) is 19.5 Å². The van der Waals surface area contributed by atoms with Crippen LogP contribution in [0.25, 0.3) is 0 Å². The van der Waals surface area contributed by atoms with E-state index in [4.69, 9.17) is 9.47 Å². The second-order valence-electron chi connectivity index (χ2n) is 5.86. The van der Waals surface area contributed by atoms with E-state index in [9.17, 15) is 4.79 Å². The SMILES string of the molecule is COc1cc(NC(=O)N(Cc2cccn2C)C(C)C)cc(OC)c1. The Morgan fingerprint density at radius 3 is 2.29 bits per heavy atom. The molecular weight excluding hydrogens is 306 g/mol. The zero-order chi connectivity index (χ0) is 17.7. The van der Waals surface area contributed by atoms with Gasteiger partial charge in [0.05, 0.1) is 20.8 Å². The molecule has 0 fully saturated rings. The smallest absolute Gasteiger partial charge is 0.322 e. The van der Waals surface area contributed by atoms with Gasteiger partial charge in [-0.2, -0.15) is 0 Å². The Labute approximate surface area is 143 Å². The van der Waals surface area contributed by atoms with Crippen molar-refractivity contribution in [2.75, 3.05) is 19.5 Å². The second kappa shape index (κ2) is 7.77. The molecule has 0 saturated heterocycles. The molecule has 2 amide bonds. The molecule has 6 heteroatoms. The summed E-state index contributed by atoms with van der Waals surface area (Å²) in [4.78, 5) is 14.5. The Bertz CT molecular complexity index is 672. The van der Waals surface area contributed by atoms with E-state index in [0.717, 1.165) is 5.69 Å². The van der Waals surface area contributed by atoms with Gasteiger partial charge in [-0.05, 0) is 26.0 Å². The molecule has 1 heterocycles.